The van der Waals surface area contributed by atoms with E-state index in [0.29, 0.717) is 50.9 Å². The third-order valence-corrected chi connectivity index (χ3v) is 6.04. The van der Waals surface area contributed by atoms with Crippen LogP contribution in [0.3, 0.4) is 0 Å². The first kappa shape index (κ1) is 23.4. The Morgan fingerprint density at radius 2 is 1.76 bits per heavy atom. The van der Waals surface area contributed by atoms with Gasteiger partial charge in [-0.1, -0.05) is 0 Å². The number of aliphatic carboxylic acids is 1. The summed E-state index contributed by atoms with van der Waals surface area (Å²) in [7, 11) is 0. The Hall–Kier alpha value is -1.85. The van der Waals surface area contributed by atoms with E-state index in [1.165, 1.54) is 21.6 Å². The zero-order chi connectivity index (χ0) is 21.6. The molecular weight excluding hydrogens is 400 g/mol. The number of carboxylic acids is 1. The number of carbonyl (C=O) groups excluding carboxylic acids is 3. The molecule has 2 rings (SSSR count). The second-order valence-electron chi connectivity index (χ2n) is 7.35. The Kier molecular flexibility index (Phi) is 8.72. The molecule has 2 fully saturated rings. The lowest BCUT2D eigenvalue weighted by Gasteiger charge is -2.32. The van der Waals surface area contributed by atoms with E-state index in [1.54, 1.807) is 0 Å². The molecule has 11 heteroatoms. The van der Waals surface area contributed by atoms with Gasteiger partial charge in [0, 0.05) is 13.1 Å². The zero-order valence-electron chi connectivity index (χ0n) is 16.6. The number of aliphatic hydroxyl groups excluding tert-OH is 1. The molecule has 10 nitrogen and oxygen atoms in total. The van der Waals surface area contributed by atoms with Crippen molar-refractivity contribution in [3.05, 3.63) is 0 Å². The lowest BCUT2D eigenvalue weighted by molar-refractivity contribution is -0.152. The Labute approximate surface area is 174 Å². The van der Waals surface area contributed by atoms with Gasteiger partial charge in [0.1, 0.15) is 24.2 Å². The molecule has 2 aliphatic rings. The van der Waals surface area contributed by atoms with Gasteiger partial charge < -0.3 is 31.1 Å². The Balaban J connectivity index is 2.13. The van der Waals surface area contributed by atoms with Crippen molar-refractivity contribution in [3.8, 4) is 0 Å². The standard InChI is InChI=1S/C18H30N4O6S/c1-29-9-6-12(20-15(24)11(19)10-23)16(25)21-7-2-4-13(21)17(26)22-8-3-5-14(22)18(27)28/h11-14,23H,2-10,19H2,1H3,(H,20,24)(H,27,28). The Bertz CT molecular complexity index is 633. The van der Waals surface area contributed by atoms with Crippen molar-refractivity contribution >= 4 is 35.5 Å². The van der Waals surface area contributed by atoms with Gasteiger partial charge in [-0.3, -0.25) is 14.4 Å². The van der Waals surface area contributed by atoms with Gasteiger partial charge in [-0.25, -0.2) is 4.79 Å². The monoisotopic (exact) mass is 430 g/mol. The van der Waals surface area contributed by atoms with E-state index >= 15 is 0 Å². The number of aliphatic hydroxyl groups is 1. The molecule has 2 heterocycles. The molecular formula is C18H30N4O6S. The van der Waals surface area contributed by atoms with Gasteiger partial charge in [-0.15, -0.1) is 0 Å². The number of nitrogens with zero attached hydrogens (tertiary/aromatic N) is 2. The predicted octanol–water partition coefficient (Wildman–Crippen LogP) is -1.39. The summed E-state index contributed by atoms with van der Waals surface area (Å²) in [5.74, 6) is -1.76. The normalized spacial score (nSPS) is 23.7. The predicted molar refractivity (Wildman–Crippen MR) is 107 cm³/mol. The quantitative estimate of drug-likeness (QED) is 0.349. The third-order valence-electron chi connectivity index (χ3n) is 5.40. The molecule has 0 aromatic heterocycles. The molecule has 2 aliphatic heterocycles. The number of hydrogen-bond acceptors (Lipinski definition) is 7. The number of nitrogens with one attached hydrogen (secondary N) is 1. The number of carbonyl (C=O) groups is 4. The largest absolute Gasteiger partial charge is 0.480 e. The summed E-state index contributed by atoms with van der Waals surface area (Å²) in [4.78, 5) is 52.5. The molecule has 4 atom stereocenters. The molecule has 4 unspecified atom stereocenters. The molecule has 5 N–H and O–H groups in total. The van der Waals surface area contributed by atoms with Crippen LogP contribution in [-0.2, 0) is 19.2 Å². The first-order valence-electron chi connectivity index (χ1n) is 9.81. The highest BCUT2D eigenvalue weighted by molar-refractivity contribution is 7.98. The number of hydrogen-bond donors (Lipinski definition) is 4. The Morgan fingerprint density at radius 3 is 2.34 bits per heavy atom. The maximum atomic E-state index is 13.2. The summed E-state index contributed by atoms with van der Waals surface area (Å²) in [5.41, 5.74) is 5.54. The second kappa shape index (κ2) is 10.8. The van der Waals surface area contributed by atoms with Crippen LogP contribution in [0.1, 0.15) is 32.1 Å². The maximum absolute atomic E-state index is 13.2. The van der Waals surface area contributed by atoms with Crippen molar-refractivity contribution in [1.29, 1.82) is 0 Å². The Morgan fingerprint density at radius 1 is 1.14 bits per heavy atom. The molecule has 0 saturated carbocycles. The van der Waals surface area contributed by atoms with Crippen LogP contribution >= 0.6 is 11.8 Å². The molecule has 3 amide bonds. The molecule has 0 aromatic rings. The lowest BCUT2D eigenvalue weighted by Crippen LogP contribution is -2.57. The van der Waals surface area contributed by atoms with E-state index in [9.17, 15) is 24.3 Å². The first-order valence-corrected chi connectivity index (χ1v) is 11.2. The van der Waals surface area contributed by atoms with Crippen molar-refractivity contribution < 1.29 is 29.4 Å². The van der Waals surface area contributed by atoms with Crippen LogP contribution in [0.15, 0.2) is 0 Å². The minimum atomic E-state index is -1.13. The van der Waals surface area contributed by atoms with Crippen LogP contribution in [0.5, 0.6) is 0 Å². The topological polar surface area (TPSA) is 153 Å². The van der Waals surface area contributed by atoms with Crippen LogP contribution in [0.2, 0.25) is 0 Å². The summed E-state index contributed by atoms with van der Waals surface area (Å²) < 4.78 is 0. The molecule has 0 aliphatic carbocycles. The summed E-state index contributed by atoms with van der Waals surface area (Å²) in [6.07, 6.45) is 4.37. The van der Waals surface area contributed by atoms with E-state index in [-0.39, 0.29) is 11.8 Å². The number of thioether (sulfide) groups is 1. The van der Waals surface area contributed by atoms with Gasteiger partial charge in [0.05, 0.1) is 6.61 Å². The van der Waals surface area contributed by atoms with E-state index in [0.717, 1.165) is 0 Å². The maximum Gasteiger partial charge on any atom is 0.326 e. The van der Waals surface area contributed by atoms with Crippen LogP contribution < -0.4 is 11.1 Å². The van der Waals surface area contributed by atoms with Crippen LogP contribution in [-0.4, -0.2) is 99.6 Å². The van der Waals surface area contributed by atoms with Crippen molar-refractivity contribution in [2.75, 3.05) is 31.7 Å². The fourth-order valence-electron chi connectivity index (χ4n) is 3.82. The molecule has 2 saturated heterocycles. The molecule has 0 bridgehead atoms. The first-order chi connectivity index (χ1) is 13.8. The van der Waals surface area contributed by atoms with E-state index in [4.69, 9.17) is 10.8 Å². The van der Waals surface area contributed by atoms with Crippen molar-refractivity contribution in [2.45, 2.75) is 56.3 Å². The summed E-state index contributed by atoms with van der Waals surface area (Å²) >= 11 is 1.52. The number of nitrogens with two attached hydrogens (primary N) is 1. The van der Waals surface area contributed by atoms with Gasteiger partial charge in [-0.05, 0) is 44.1 Å². The summed E-state index contributed by atoms with van der Waals surface area (Å²) in [6, 6.07) is -3.55. The minimum Gasteiger partial charge on any atom is -0.480 e. The average Bonchev–Trinajstić information content (AvgIpc) is 3.38. The number of rotatable bonds is 9. The van der Waals surface area contributed by atoms with Gasteiger partial charge in [-0.2, -0.15) is 11.8 Å². The van der Waals surface area contributed by atoms with E-state index in [1.807, 2.05) is 6.26 Å². The smallest absolute Gasteiger partial charge is 0.326 e. The molecule has 0 aromatic carbocycles. The molecule has 164 valence electrons. The number of amides is 3. The van der Waals surface area contributed by atoms with Crippen LogP contribution in [0.25, 0.3) is 0 Å². The van der Waals surface area contributed by atoms with Crippen LogP contribution in [0, 0.1) is 0 Å². The highest BCUT2D eigenvalue weighted by atomic mass is 32.2. The van der Waals surface area contributed by atoms with Crippen LogP contribution in [0.4, 0.5) is 0 Å². The molecule has 0 radical (unpaired) electrons. The summed E-state index contributed by atoms with van der Waals surface area (Å²) in [5, 5.41) is 21.0. The highest BCUT2D eigenvalue weighted by Gasteiger charge is 2.43. The number of carboxylic acid groups (broad SMARTS) is 1. The fourth-order valence-corrected chi connectivity index (χ4v) is 4.29. The fraction of sp³-hybridized carbons (Fsp3) is 0.778. The average molecular weight is 431 g/mol. The van der Waals surface area contributed by atoms with Gasteiger partial charge in [0.15, 0.2) is 0 Å². The molecule has 0 spiro atoms. The SMILES string of the molecule is CSCCC(NC(=O)C(N)CO)C(=O)N1CCCC1C(=O)N1CCCC1C(=O)O. The van der Waals surface area contributed by atoms with E-state index < -0.39 is 42.7 Å². The number of likely N-dealkylation sites (tertiary alicyclic amines) is 2. The van der Waals surface area contributed by atoms with E-state index in [2.05, 4.69) is 5.32 Å². The highest BCUT2D eigenvalue weighted by Crippen LogP contribution is 2.26. The third kappa shape index (κ3) is 5.61. The minimum absolute atomic E-state index is 0.345. The lowest BCUT2D eigenvalue weighted by atomic mass is 10.1. The molecule has 29 heavy (non-hydrogen) atoms. The summed E-state index contributed by atoms with van der Waals surface area (Å²) in [6.45, 7) is 0.205. The van der Waals surface area contributed by atoms with Gasteiger partial charge >= 0.3 is 5.97 Å². The van der Waals surface area contributed by atoms with Crippen molar-refractivity contribution in [3.63, 3.8) is 0 Å². The van der Waals surface area contributed by atoms with Crippen molar-refractivity contribution in [2.24, 2.45) is 5.73 Å². The van der Waals surface area contributed by atoms with Gasteiger partial charge in [0.25, 0.3) is 0 Å². The second-order valence-corrected chi connectivity index (χ2v) is 8.33. The van der Waals surface area contributed by atoms with Gasteiger partial charge in [0.2, 0.25) is 17.7 Å². The van der Waals surface area contributed by atoms with Crippen molar-refractivity contribution in [1.82, 2.24) is 15.1 Å². The zero-order valence-corrected chi connectivity index (χ0v) is 17.4.